The van der Waals surface area contributed by atoms with Crippen molar-refractivity contribution in [3.8, 4) is 6.07 Å². The first kappa shape index (κ1) is 11.6. The summed E-state index contributed by atoms with van der Waals surface area (Å²) in [5.41, 5.74) is 0.881. The highest BCUT2D eigenvalue weighted by atomic mass is 32.2. The summed E-state index contributed by atoms with van der Waals surface area (Å²) in [5, 5.41) is 13.3. The molecule has 0 unspecified atom stereocenters. The molecule has 86 valence electrons. The van der Waals surface area contributed by atoms with Crippen LogP contribution in [0.25, 0.3) is 0 Å². The molecule has 0 saturated heterocycles. The van der Waals surface area contributed by atoms with Crippen LogP contribution in [0.15, 0.2) is 29.7 Å². The molecule has 0 radical (unpaired) electrons. The maximum atomic E-state index is 13.6. The van der Waals surface area contributed by atoms with Gasteiger partial charge in [-0.05, 0) is 17.7 Å². The zero-order valence-corrected chi connectivity index (χ0v) is 9.91. The van der Waals surface area contributed by atoms with Gasteiger partial charge in [0.15, 0.2) is 5.16 Å². The molecule has 17 heavy (non-hydrogen) atoms. The molecule has 0 aliphatic carbocycles. The molecule has 0 fully saturated rings. The smallest absolute Gasteiger partial charge is 0.186 e. The fourth-order valence-corrected chi connectivity index (χ4v) is 2.17. The largest absolute Gasteiger partial charge is 0.244 e. The average Bonchev–Trinajstić information content (AvgIpc) is 2.73. The lowest BCUT2D eigenvalue weighted by Gasteiger charge is -2.02. The highest BCUT2D eigenvalue weighted by Gasteiger charge is 2.06. The van der Waals surface area contributed by atoms with Crippen molar-refractivity contribution in [2.75, 3.05) is 0 Å². The van der Waals surface area contributed by atoms with Gasteiger partial charge >= 0.3 is 0 Å². The third kappa shape index (κ3) is 2.63. The number of aryl methyl sites for hydroxylation is 1. The predicted molar refractivity (Wildman–Crippen MR) is 61.7 cm³/mol. The second-order valence-electron chi connectivity index (χ2n) is 3.37. The minimum atomic E-state index is -0.362. The van der Waals surface area contributed by atoms with Gasteiger partial charge in [0.2, 0.25) is 0 Å². The number of halogens is 1. The number of nitrogens with zero attached hydrogens (tertiary/aromatic N) is 4. The zero-order valence-electron chi connectivity index (χ0n) is 9.09. The Morgan fingerprint density at radius 1 is 1.53 bits per heavy atom. The van der Waals surface area contributed by atoms with E-state index in [0.29, 0.717) is 16.9 Å². The molecular formula is C11H9FN4S. The van der Waals surface area contributed by atoms with E-state index in [1.54, 1.807) is 23.9 Å². The summed E-state index contributed by atoms with van der Waals surface area (Å²) in [6, 6.07) is 6.37. The number of aromatic nitrogens is 3. The van der Waals surface area contributed by atoms with E-state index in [0.717, 1.165) is 5.16 Å². The molecule has 1 heterocycles. The van der Waals surface area contributed by atoms with Crippen molar-refractivity contribution in [1.82, 2.24) is 14.8 Å². The Morgan fingerprint density at radius 2 is 2.35 bits per heavy atom. The minimum absolute atomic E-state index is 0.329. The molecular weight excluding hydrogens is 239 g/mol. The van der Waals surface area contributed by atoms with Crippen molar-refractivity contribution in [2.45, 2.75) is 10.9 Å². The minimum Gasteiger partial charge on any atom is -0.244 e. The molecule has 1 aromatic heterocycles. The summed E-state index contributed by atoms with van der Waals surface area (Å²) in [7, 11) is 1.78. The second kappa shape index (κ2) is 4.97. The number of hydrogen-bond acceptors (Lipinski definition) is 4. The molecule has 0 spiro atoms. The molecule has 2 rings (SSSR count). The third-order valence-electron chi connectivity index (χ3n) is 2.21. The van der Waals surface area contributed by atoms with Crippen molar-refractivity contribution in [2.24, 2.45) is 7.05 Å². The normalized spacial score (nSPS) is 10.2. The number of nitriles is 1. The Morgan fingerprint density at radius 3 is 2.94 bits per heavy atom. The number of benzene rings is 1. The van der Waals surface area contributed by atoms with E-state index in [-0.39, 0.29) is 5.82 Å². The van der Waals surface area contributed by atoms with Crippen LogP contribution in [0.1, 0.15) is 11.1 Å². The van der Waals surface area contributed by atoms with E-state index in [4.69, 9.17) is 5.26 Å². The van der Waals surface area contributed by atoms with E-state index >= 15 is 0 Å². The van der Waals surface area contributed by atoms with Crippen LogP contribution in [-0.4, -0.2) is 14.8 Å². The van der Waals surface area contributed by atoms with Gasteiger partial charge < -0.3 is 0 Å². The Kier molecular flexibility index (Phi) is 3.40. The van der Waals surface area contributed by atoms with E-state index in [1.165, 1.54) is 24.2 Å². The van der Waals surface area contributed by atoms with Gasteiger partial charge in [-0.1, -0.05) is 17.8 Å². The van der Waals surface area contributed by atoms with Gasteiger partial charge in [0.25, 0.3) is 0 Å². The first-order valence-electron chi connectivity index (χ1n) is 4.86. The number of hydrogen-bond donors (Lipinski definition) is 0. The van der Waals surface area contributed by atoms with Crippen molar-refractivity contribution < 1.29 is 4.39 Å². The predicted octanol–water partition coefficient (Wildman–Crippen LogP) is 2.12. The van der Waals surface area contributed by atoms with Gasteiger partial charge in [0.05, 0.1) is 11.6 Å². The molecule has 0 aliphatic rings. The summed E-state index contributed by atoms with van der Waals surface area (Å²) in [5.74, 6) is 0.100. The maximum Gasteiger partial charge on any atom is 0.186 e. The monoisotopic (exact) mass is 248 g/mol. The second-order valence-corrected chi connectivity index (χ2v) is 4.32. The van der Waals surface area contributed by atoms with Crippen LogP contribution < -0.4 is 0 Å². The highest BCUT2D eigenvalue weighted by Crippen LogP contribution is 2.21. The molecule has 0 atom stereocenters. The van der Waals surface area contributed by atoms with Crippen molar-refractivity contribution in [3.05, 3.63) is 41.5 Å². The Hall–Kier alpha value is -1.87. The van der Waals surface area contributed by atoms with Crippen LogP contribution in [0.5, 0.6) is 0 Å². The Balaban J connectivity index is 2.10. The lowest BCUT2D eigenvalue weighted by molar-refractivity contribution is 0.616. The van der Waals surface area contributed by atoms with Crippen LogP contribution in [0, 0.1) is 17.1 Å². The Bertz CT molecular complexity index is 573. The van der Waals surface area contributed by atoms with Crippen LogP contribution in [-0.2, 0) is 12.8 Å². The van der Waals surface area contributed by atoms with E-state index in [1.807, 2.05) is 6.07 Å². The molecule has 0 aliphatic heterocycles. The highest BCUT2D eigenvalue weighted by molar-refractivity contribution is 7.98. The maximum absolute atomic E-state index is 13.6. The molecule has 0 bridgehead atoms. The first-order chi connectivity index (χ1) is 8.20. The lowest BCUT2D eigenvalue weighted by Crippen LogP contribution is -1.94. The standard InChI is InChI=1S/C11H9FN4S/c1-16-11(14-7-15-16)17-6-9-3-2-8(5-13)4-10(9)12/h2-4,7H,6H2,1H3. The van der Waals surface area contributed by atoms with Gasteiger partial charge in [0.1, 0.15) is 12.1 Å². The fourth-order valence-electron chi connectivity index (χ4n) is 1.29. The van der Waals surface area contributed by atoms with Crippen LogP contribution in [0.3, 0.4) is 0 Å². The van der Waals surface area contributed by atoms with Crippen LogP contribution in [0.4, 0.5) is 4.39 Å². The summed E-state index contributed by atoms with van der Waals surface area (Å²) in [6.45, 7) is 0. The summed E-state index contributed by atoms with van der Waals surface area (Å²) in [4.78, 5) is 4.03. The van der Waals surface area contributed by atoms with E-state index < -0.39 is 0 Å². The lowest BCUT2D eigenvalue weighted by atomic mass is 10.1. The SMILES string of the molecule is Cn1ncnc1SCc1ccc(C#N)cc1F. The summed E-state index contributed by atoms with van der Waals surface area (Å²) < 4.78 is 15.2. The van der Waals surface area contributed by atoms with E-state index in [2.05, 4.69) is 10.1 Å². The van der Waals surface area contributed by atoms with Crippen molar-refractivity contribution in [1.29, 1.82) is 5.26 Å². The molecule has 0 N–H and O–H groups in total. The Labute approximate surface area is 102 Å². The molecule has 2 aromatic rings. The van der Waals surface area contributed by atoms with Gasteiger partial charge in [-0.3, -0.25) is 0 Å². The number of rotatable bonds is 3. The fraction of sp³-hybridized carbons (Fsp3) is 0.182. The third-order valence-corrected chi connectivity index (χ3v) is 3.29. The van der Waals surface area contributed by atoms with E-state index in [9.17, 15) is 4.39 Å². The van der Waals surface area contributed by atoms with Gasteiger partial charge in [-0.2, -0.15) is 10.4 Å². The first-order valence-corrected chi connectivity index (χ1v) is 5.84. The van der Waals surface area contributed by atoms with Gasteiger partial charge in [-0.15, -0.1) is 0 Å². The van der Waals surface area contributed by atoms with Crippen LogP contribution in [0.2, 0.25) is 0 Å². The molecule has 1 aromatic carbocycles. The van der Waals surface area contributed by atoms with Gasteiger partial charge in [0, 0.05) is 12.8 Å². The summed E-state index contributed by atoms with van der Waals surface area (Å²) in [6.07, 6.45) is 1.46. The molecule has 4 nitrogen and oxygen atoms in total. The topological polar surface area (TPSA) is 54.5 Å². The average molecular weight is 248 g/mol. The molecule has 0 amide bonds. The zero-order chi connectivity index (χ0) is 12.3. The summed E-state index contributed by atoms with van der Waals surface area (Å²) >= 11 is 1.40. The van der Waals surface area contributed by atoms with Crippen molar-refractivity contribution >= 4 is 11.8 Å². The van der Waals surface area contributed by atoms with Gasteiger partial charge in [-0.25, -0.2) is 14.1 Å². The molecule has 0 saturated carbocycles. The quantitative estimate of drug-likeness (QED) is 0.781. The number of thioether (sulfide) groups is 1. The molecule has 6 heteroatoms. The van der Waals surface area contributed by atoms with Crippen LogP contribution >= 0.6 is 11.8 Å². The van der Waals surface area contributed by atoms with Crippen molar-refractivity contribution in [3.63, 3.8) is 0 Å².